The van der Waals surface area contributed by atoms with E-state index in [9.17, 15) is 9.50 Å². The number of fused-ring (bicyclic) bond motifs is 3. The molecule has 4 rings (SSSR count). The van der Waals surface area contributed by atoms with Gasteiger partial charge in [-0.2, -0.15) is 0 Å². The zero-order chi connectivity index (χ0) is 17.4. The fourth-order valence-electron chi connectivity index (χ4n) is 3.90. The van der Waals surface area contributed by atoms with Crippen molar-refractivity contribution in [1.29, 1.82) is 0 Å². The molecule has 0 bridgehead atoms. The molecule has 0 aliphatic heterocycles. The molecule has 1 aliphatic rings. The van der Waals surface area contributed by atoms with Crippen LogP contribution in [0, 0.1) is 5.82 Å². The molecule has 2 N–H and O–H groups in total. The molecule has 4 heteroatoms. The summed E-state index contributed by atoms with van der Waals surface area (Å²) in [7, 11) is 2.17. The number of hydrogen-bond acceptors (Lipinski definition) is 2. The van der Waals surface area contributed by atoms with Gasteiger partial charge in [-0.05, 0) is 74.2 Å². The second-order valence-electron chi connectivity index (χ2n) is 7.07. The molecule has 1 atom stereocenters. The lowest BCUT2D eigenvalue weighted by Crippen LogP contribution is -2.37. The topological polar surface area (TPSA) is 39.3 Å². The zero-order valence-electron chi connectivity index (χ0n) is 14.4. The van der Waals surface area contributed by atoms with Crippen LogP contribution in [0.4, 0.5) is 4.39 Å². The molecule has 1 aromatic heterocycles. The molecule has 1 heterocycles. The fraction of sp³-hybridized carbons (Fsp3) is 0.333. The second-order valence-corrected chi connectivity index (χ2v) is 7.07. The van der Waals surface area contributed by atoms with Crippen molar-refractivity contribution >= 4 is 10.9 Å². The van der Waals surface area contributed by atoms with Gasteiger partial charge < -0.3 is 15.0 Å². The number of rotatable bonds is 4. The average Bonchev–Trinajstić information content (AvgIpc) is 2.98. The van der Waals surface area contributed by atoms with Gasteiger partial charge in [0.2, 0.25) is 0 Å². The average molecular weight is 338 g/mol. The Bertz CT molecular complexity index is 885. The first kappa shape index (κ1) is 16.2. The molecular formula is C21H23FN2O. The van der Waals surface area contributed by atoms with Gasteiger partial charge in [0.15, 0.2) is 0 Å². The monoisotopic (exact) mass is 338 g/mol. The zero-order valence-corrected chi connectivity index (χ0v) is 14.4. The maximum absolute atomic E-state index is 13.0. The van der Waals surface area contributed by atoms with Gasteiger partial charge in [-0.15, -0.1) is 0 Å². The highest BCUT2D eigenvalue weighted by atomic mass is 19.1. The molecule has 2 aromatic carbocycles. The first-order valence-corrected chi connectivity index (χ1v) is 8.87. The van der Waals surface area contributed by atoms with Crippen molar-refractivity contribution in [3.05, 3.63) is 65.1 Å². The molecule has 1 aliphatic carbocycles. The first-order chi connectivity index (χ1) is 12.1. The summed E-state index contributed by atoms with van der Waals surface area (Å²) in [5.41, 5.74) is 4.93. The van der Waals surface area contributed by atoms with Crippen LogP contribution in [-0.2, 0) is 19.3 Å². The summed E-state index contributed by atoms with van der Waals surface area (Å²) < 4.78 is 13.0. The van der Waals surface area contributed by atoms with Crippen molar-refractivity contribution in [1.82, 2.24) is 9.88 Å². The van der Waals surface area contributed by atoms with Crippen LogP contribution in [-0.4, -0.2) is 34.6 Å². The Morgan fingerprint density at radius 1 is 1.20 bits per heavy atom. The minimum absolute atomic E-state index is 0.181. The third kappa shape index (κ3) is 3.27. The van der Waals surface area contributed by atoms with Gasteiger partial charge in [-0.25, -0.2) is 4.39 Å². The number of likely N-dealkylation sites (N-methyl/N-ethyl adjacent to an activating group) is 1. The number of nitrogens with one attached hydrogen (secondary N) is 1. The molecule has 0 spiro atoms. The van der Waals surface area contributed by atoms with E-state index in [0.29, 0.717) is 11.8 Å². The minimum atomic E-state index is -0.181. The van der Waals surface area contributed by atoms with Gasteiger partial charge in [-0.3, -0.25) is 0 Å². The lowest BCUT2D eigenvalue weighted by Gasteiger charge is -2.31. The van der Waals surface area contributed by atoms with E-state index in [-0.39, 0.29) is 5.82 Å². The number of halogens is 1. The van der Waals surface area contributed by atoms with Crippen molar-refractivity contribution in [3.8, 4) is 5.75 Å². The molecular weight excluding hydrogens is 315 g/mol. The van der Waals surface area contributed by atoms with Gasteiger partial charge >= 0.3 is 0 Å². The van der Waals surface area contributed by atoms with Gasteiger partial charge in [-0.1, -0.05) is 12.1 Å². The smallest absolute Gasteiger partial charge is 0.123 e. The van der Waals surface area contributed by atoms with Crippen LogP contribution in [0.1, 0.15) is 23.2 Å². The maximum Gasteiger partial charge on any atom is 0.123 e. The van der Waals surface area contributed by atoms with Crippen molar-refractivity contribution in [3.63, 3.8) is 0 Å². The van der Waals surface area contributed by atoms with Gasteiger partial charge in [0.25, 0.3) is 0 Å². The van der Waals surface area contributed by atoms with E-state index in [4.69, 9.17) is 0 Å². The number of aromatic nitrogens is 1. The summed E-state index contributed by atoms with van der Waals surface area (Å²) >= 11 is 0. The Hall–Kier alpha value is -2.33. The number of aromatic hydroxyl groups is 1. The first-order valence-electron chi connectivity index (χ1n) is 8.87. The van der Waals surface area contributed by atoms with Crippen LogP contribution in [0.3, 0.4) is 0 Å². The van der Waals surface area contributed by atoms with E-state index >= 15 is 0 Å². The summed E-state index contributed by atoms with van der Waals surface area (Å²) in [4.78, 5) is 5.91. The number of benzene rings is 2. The lowest BCUT2D eigenvalue weighted by atomic mass is 9.90. The summed E-state index contributed by atoms with van der Waals surface area (Å²) in [6, 6.07) is 12.8. The molecule has 130 valence electrons. The van der Waals surface area contributed by atoms with Crippen molar-refractivity contribution in [2.75, 3.05) is 13.6 Å². The highest BCUT2D eigenvalue weighted by Crippen LogP contribution is 2.32. The van der Waals surface area contributed by atoms with E-state index in [1.807, 2.05) is 24.3 Å². The van der Waals surface area contributed by atoms with Crippen molar-refractivity contribution in [2.45, 2.75) is 31.7 Å². The Morgan fingerprint density at radius 3 is 2.80 bits per heavy atom. The number of hydrogen-bond donors (Lipinski definition) is 2. The Balaban J connectivity index is 1.46. The third-order valence-corrected chi connectivity index (χ3v) is 5.44. The number of phenols is 1. The predicted molar refractivity (Wildman–Crippen MR) is 98.5 cm³/mol. The summed E-state index contributed by atoms with van der Waals surface area (Å²) in [5, 5.41) is 10.9. The third-order valence-electron chi connectivity index (χ3n) is 5.44. The highest BCUT2D eigenvalue weighted by molar-refractivity contribution is 5.86. The van der Waals surface area contributed by atoms with Crippen LogP contribution in [0.15, 0.2) is 42.5 Å². The molecule has 3 nitrogen and oxygen atoms in total. The van der Waals surface area contributed by atoms with Gasteiger partial charge in [0.1, 0.15) is 11.6 Å². The van der Waals surface area contributed by atoms with Gasteiger partial charge in [0, 0.05) is 29.2 Å². The van der Waals surface area contributed by atoms with E-state index in [2.05, 4.69) is 16.9 Å². The molecule has 0 fully saturated rings. The predicted octanol–water partition coefficient (Wildman–Crippen LogP) is 4.04. The summed E-state index contributed by atoms with van der Waals surface area (Å²) in [6.07, 6.45) is 4.09. The van der Waals surface area contributed by atoms with Crippen LogP contribution in [0.5, 0.6) is 5.75 Å². The Labute approximate surface area is 147 Å². The Kier molecular flexibility index (Phi) is 4.22. The molecule has 0 saturated carbocycles. The van der Waals surface area contributed by atoms with Crippen LogP contribution in [0.25, 0.3) is 10.9 Å². The number of aryl methyl sites for hydroxylation is 1. The number of aromatic amines is 1. The molecule has 1 unspecified atom stereocenters. The van der Waals surface area contributed by atoms with Crippen LogP contribution >= 0.6 is 0 Å². The normalized spacial score (nSPS) is 17.2. The fourth-order valence-corrected chi connectivity index (χ4v) is 3.90. The molecule has 0 amide bonds. The van der Waals surface area contributed by atoms with Crippen molar-refractivity contribution in [2.24, 2.45) is 0 Å². The standard InChI is InChI=1S/C21H23FN2O/c1-24(11-10-14-2-4-15(22)5-3-14)16-6-8-20-18(12-16)19-13-17(25)7-9-21(19)23-20/h2-5,7,9,13,16,23,25H,6,8,10-12H2,1H3. The molecule has 0 saturated heterocycles. The SMILES string of the molecule is CN(CCc1ccc(F)cc1)C1CCc2[nH]c3ccc(O)cc3c2C1. The van der Waals surface area contributed by atoms with E-state index in [1.54, 1.807) is 6.07 Å². The van der Waals surface area contributed by atoms with E-state index < -0.39 is 0 Å². The maximum atomic E-state index is 13.0. The van der Waals surface area contributed by atoms with E-state index in [1.165, 1.54) is 29.0 Å². The number of H-pyrrole nitrogens is 1. The van der Waals surface area contributed by atoms with E-state index in [0.717, 1.165) is 43.1 Å². The van der Waals surface area contributed by atoms with Gasteiger partial charge in [0.05, 0.1) is 0 Å². The lowest BCUT2D eigenvalue weighted by molar-refractivity contribution is 0.224. The summed E-state index contributed by atoms with van der Waals surface area (Å²) in [6.45, 7) is 0.958. The minimum Gasteiger partial charge on any atom is -0.508 e. The van der Waals surface area contributed by atoms with Crippen LogP contribution in [0.2, 0.25) is 0 Å². The quantitative estimate of drug-likeness (QED) is 0.753. The number of nitrogens with zero attached hydrogens (tertiary/aromatic N) is 1. The number of phenolic OH excluding ortho intramolecular Hbond substituents is 1. The molecule has 25 heavy (non-hydrogen) atoms. The molecule has 3 aromatic rings. The largest absolute Gasteiger partial charge is 0.508 e. The van der Waals surface area contributed by atoms with Crippen molar-refractivity contribution < 1.29 is 9.50 Å². The Morgan fingerprint density at radius 2 is 2.00 bits per heavy atom. The molecule has 0 radical (unpaired) electrons. The summed E-state index contributed by atoms with van der Waals surface area (Å²) in [5.74, 6) is 0.139. The second kappa shape index (κ2) is 6.52. The van der Waals surface area contributed by atoms with Crippen LogP contribution < -0.4 is 0 Å². The highest BCUT2D eigenvalue weighted by Gasteiger charge is 2.25.